The molecule has 0 aliphatic carbocycles. The fourth-order valence-corrected chi connectivity index (χ4v) is 3.52. The molecule has 1 N–H and O–H groups in total. The zero-order valence-corrected chi connectivity index (χ0v) is 15.7. The van der Waals surface area contributed by atoms with Gasteiger partial charge in [-0.25, -0.2) is 4.79 Å². The highest BCUT2D eigenvalue weighted by Gasteiger charge is 2.34. The lowest BCUT2D eigenvalue weighted by molar-refractivity contribution is -0.117. The second kappa shape index (κ2) is 6.97. The number of benzene rings is 1. The van der Waals surface area contributed by atoms with E-state index >= 15 is 0 Å². The van der Waals surface area contributed by atoms with Crippen LogP contribution in [0.25, 0.3) is 0 Å². The molecule has 2 heterocycles. The maximum atomic E-state index is 12.4. The molecule has 3 amide bonds. The van der Waals surface area contributed by atoms with E-state index in [-0.39, 0.29) is 17.9 Å². The van der Waals surface area contributed by atoms with Crippen molar-refractivity contribution in [2.45, 2.75) is 19.3 Å². The molecule has 1 aliphatic heterocycles. The summed E-state index contributed by atoms with van der Waals surface area (Å²) in [5, 5.41) is 12.6. The number of halogens is 1. The Bertz CT molecular complexity index is 823. The van der Waals surface area contributed by atoms with Crippen LogP contribution in [0.5, 0.6) is 0 Å². The number of aryl methyl sites for hydroxylation is 1. The van der Waals surface area contributed by atoms with E-state index in [0.717, 1.165) is 16.3 Å². The molecule has 1 unspecified atom stereocenters. The fraction of sp³-hybridized carbons (Fsp3) is 0.375. The maximum absolute atomic E-state index is 12.4. The predicted octanol–water partition coefficient (Wildman–Crippen LogP) is 3.11. The van der Waals surface area contributed by atoms with Gasteiger partial charge in [-0.05, 0) is 24.6 Å². The van der Waals surface area contributed by atoms with Crippen molar-refractivity contribution in [3.63, 3.8) is 0 Å². The Hall–Kier alpha value is -2.19. The van der Waals surface area contributed by atoms with Gasteiger partial charge in [0.05, 0.1) is 0 Å². The van der Waals surface area contributed by atoms with Crippen LogP contribution in [0, 0.1) is 6.92 Å². The van der Waals surface area contributed by atoms with Crippen LogP contribution in [-0.4, -0.2) is 47.7 Å². The van der Waals surface area contributed by atoms with Crippen molar-refractivity contribution in [2.24, 2.45) is 0 Å². The second-order valence-corrected chi connectivity index (χ2v) is 7.53. The predicted molar refractivity (Wildman–Crippen MR) is 98.5 cm³/mol. The van der Waals surface area contributed by atoms with Gasteiger partial charge in [-0.3, -0.25) is 10.1 Å². The molecule has 1 aliphatic rings. The molecule has 1 aromatic carbocycles. The summed E-state index contributed by atoms with van der Waals surface area (Å²) in [6.45, 7) is 2.44. The third-order valence-electron chi connectivity index (χ3n) is 4.00. The SMILES string of the molecule is Cc1ccc(N2CC(c3nnc(NC(=O)N(C)C)s3)CC2=O)cc1Cl. The first kappa shape index (κ1) is 17.6. The van der Waals surface area contributed by atoms with E-state index in [1.807, 2.05) is 19.1 Å². The molecule has 0 saturated carbocycles. The normalized spacial score (nSPS) is 17.0. The average Bonchev–Trinajstić information content (AvgIpc) is 3.16. The van der Waals surface area contributed by atoms with Gasteiger partial charge in [0.25, 0.3) is 0 Å². The van der Waals surface area contributed by atoms with Gasteiger partial charge < -0.3 is 9.80 Å². The highest BCUT2D eigenvalue weighted by atomic mass is 35.5. The topological polar surface area (TPSA) is 78.4 Å². The lowest BCUT2D eigenvalue weighted by Crippen LogP contribution is -2.27. The summed E-state index contributed by atoms with van der Waals surface area (Å²) < 4.78 is 0. The number of nitrogens with zero attached hydrogens (tertiary/aromatic N) is 4. The molecule has 7 nitrogen and oxygen atoms in total. The smallest absolute Gasteiger partial charge is 0.323 e. The molecular weight excluding hydrogens is 362 g/mol. The van der Waals surface area contributed by atoms with Crippen molar-refractivity contribution in [3.8, 4) is 0 Å². The molecule has 9 heteroatoms. The second-order valence-electron chi connectivity index (χ2n) is 6.11. The lowest BCUT2D eigenvalue weighted by atomic mass is 10.1. The van der Waals surface area contributed by atoms with Gasteiger partial charge in [-0.1, -0.05) is 29.0 Å². The number of anilines is 2. The zero-order chi connectivity index (χ0) is 18.1. The van der Waals surface area contributed by atoms with Crippen molar-refractivity contribution in [1.82, 2.24) is 15.1 Å². The molecule has 1 aromatic heterocycles. The monoisotopic (exact) mass is 379 g/mol. The third-order valence-corrected chi connectivity index (χ3v) is 5.41. The lowest BCUT2D eigenvalue weighted by Gasteiger charge is -2.17. The molecule has 0 radical (unpaired) electrons. The number of carbonyl (C=O) groups is 2. The molecule has 2 aromatic rings. The summed E-state index contributed by atoms with van der Waals surface area (Å²) in [4.78, 5) is 27.2. The van der Waals surface area contributed by atoms with E-state index in [0.29, 0.717) is 23.1 Å². The highest BCUT2D eigenvalue weighted by Crippen LogP contribution is 2.35. The van der Waals surface area contributed by atoms with E-state index in [2.05, 4.69) is 15.5 Å². The van der Waals surface area contributed by atoms with Gasteiger partial charge in [0.1, 0.15) is 5.01 Å². The summed E-state index contributed by atoms with van der Waals surface area (Å²) in [6, 6.07) is 5.34. The van der Waals surface area contributed by atoms with Gasteiger partial charge in [-0.2, -0.15) is 0 Å². The minimum absolute atomic E-state index is 0.0268. The van der Waals surface area contributed by atoms with Crippen LogP contribution >= 0.6 is 22.9 Å². The van der Waals surface area contributed by atoms with E-state index in [9.17, 15) is 9.59 Å². The van der Waals surface area contributed by atoms with Gasteiger partial charge in [-0.15, -0.1) is 10.2 Å². The Balaban J connectivity index is 1.73. The van der Waals surface area contributed by atoms with Gasteiger partial charge in [0.15, 0.2) is 0 Å². The Labute approximate surface area is 154 Å². The van der Waals surface area contributed by atoms with Gasteiger partial charge in [0.2, 0.25) is 11.0 Å². The molecular formula is C16H18ClN5O2S. The first-order valence-electron chi connectivity index (χ1n) is 7.73. The molecule has 25 heavy (non-hydrogen) atoms. The number of hydrogen-bond donors (Lipinski definition) is 1. The zero-order valence-electron chi connectivity index (χ0n) is 14.1. The average molecular weight is 380 g/mol. The largest absolute Gasteiger partial charge is 0.331 e. The summed E-state index contributed by atoms with van der Waals surface area (Å²) in [6.07, 6.45) is 0.363. The molecule has 1 saturated heterocycles. The van der Waals surface area contributed by atoms with Crippen LogP contribution in [0.1, 0.15) is 22.9 Å². The Morgan fingerprint density at radius 2 is 2.16 bits per heavy atom. The summed E-state index contributed by atoms with van der Waals surface area (Å²) in [5.41, 5.74) is 1.76. The van der Waals surface area contributed by atoms with E-state index in [1.165, 1.54) is 16.2 Å². The van der Waals surface area contributed by atoms with Crippen molar-refractivity contribution in [3.05, 3.63) is 33.8 Å². The van der Waals surface area contributed by atoms with Gasteiger partial charge in [0, 0.05) is 43.7 Å². The van der Waals surface area contributed by atoms with Crippen LogP contribution in [-0.2, 0) is 4.79 Å². The van der Waals surface area contributed by atoms with E-state index in [1.54, 1.807) is 25.1 Å². The molecule has 132 valence electrons. The quantitative estimate of drug-likeness (QED) is 0.888. The Morgan fingerprint density at radius 1 is 1.40 bits per heavy atom. The van der Waals surface area contributed by atoms with Crippen molar-refractivity contribution in [2.75, 3.05) is 30.9 Å². The van der Waals surface area contributed by atoms with Crippen molar-refractivity contribution < 1.29 is 9.59 Å². The molecule has 3 rings (SSSR count). The molecule has 1 fully saturated rings. The summed E-state index contributed by atoms with van der Waals surface area (Å²) >= 11 is 7.46. The minimum Gasteiger partial charge on any atom is -0.331 e. The number of rotatable bonds is 3. The molecule has 0 spiro atoms. The number of hydrogen-bond acceptors (Lipinski definition) is 5. The van der Waals surface area contributed by atoms with Crippen LogP contribution in [0.4, 0.5) is 15.6 Å². The number of aromatic nitrogens is 2. The maximum Gasteiger partial charge on any atom is 0.323 e. The van der Waals surface area contributed by atoms with Crippen molar-refractivity contribution >= 4 is 45.7 Å². The standard InChI is InChI=1S/C16H18ClN5O2S/c1-9-4-5-11(7-12(9)17)22-8-10(6-13(22)23)14-19-20-15(25-14)18-16(24)21(2)3/h4-5,7,10H,6,8H2,1-3H3,(H,18,20,24). The number of urea groups is 1. The fourth-order valence-electron chi connectivity index (χ4n) is 2.53. The summed E-state index contributed by atoms with van der Waals surface area (Å²) in [5.74, 6) is -0.0194. The summed E-state index contributed by atoms with van der Waals surface area (Å²) in [7, 11) is 3.30. The van der Waals surface area contributed by atoms with Crippen LogP contribution in [0.15, 0.2) is 18.2 Å². The minimum atomic E-state index is -0.263. The van der Waals surface area contributed by atoms with Crippen molar-refractivity contribution in [1.29, 1.82) is 0 Å². The number of amides is 3. The van der Waals surface area contributed by atoms with Crippen LogP contribution in [0.3, 0.4) is 0 Å². The molecule has 1 atom stereocenters. The van der Waals surface area contributed by atoms with Gasteiger partial charge >= 0.3 is 6.03 Å². The van der Waals surface area contributed by atoms with Crippen LogP contribution in [0.2, 0.25) is 5.02 Å². The molecule has 0 bridgehead atoms. The number of nitrogens with one attached hydrogen (secondary N) is 1. The van der Waals surface area contributed by atoms with Crippen LogP contribution < -0.4 is 10.2 Å². The first-order chi connectivity index (χ1) is 11.8. The Morgan fingerprint density at radius 3 is 2.84 bits per heavy atom. The highest BCUT2D eigenvalue weighted by molar-refractivity contribution is 7.15. The van der Waals surface area contributed by atoms with E-state index in [4.69, 9.17) is 11.6 Å². The first-order valence-corrected chi connectivity index (χ1v) is 8.93. The van der Waals surface area contributed by atoms with E-state index < -0.39 is 0 Å². The Kier molecular flexibility index (Phi) is 4.91. The third kappa shape index (κ3) is 3.74. The number of carbonyl (C=O) groups excluding carboxylic acids is 2.